The molecule has 6 atom stereocenters. The molecule has 0 radical (unpaired) electrons. The summed E-state index contributed by atoms with van der Waals surface area (Å²) in [5.74, 6) is -0.180. The third kappa shape index (κ3) is 6.52. The average molecular weight is 422 g/mol. The molecule has 0 spiro atoms. The molecule has 1 aromatic carbocycles. The maximum absolute atomic E-state index is 12.9. The minimum atomic E-state index is -0.836. The number of benzene rings is 1. The van der Waals surface area contributed by atoms with Crippen LogP contribution in [0.4, 0.5) is 4.39 Å². The van der Waals surface area contributed by atoms with Crippen molar-refractivity contribution in [3.63, 3.8) is 0 Å². The number of aliphatic carboxylic acids is 1. The number of hydrogen-bond donors (Lipinski definition) is 3. The number of halogens is 1. The first-order chi connectivity index (χ1) is 14.4. The van der Waals surface area contributed by atoms with Crippen LogP contribution in [0.1, 0.15) is 38.5 Å². The zero-order valence-electron chi connectivity index (χ0n) is 17.0. The Balaban J connectivity index is 1.48. The van der Waals surface area contributed by atoms with E-state index in [1.54, 1.807) is 6.08 Å². The Morgan fingerprint density at radius 3 is 2.80 bits per heavy atom. The van der Waals surface area contributed by atoms with Gasteiger partial charge in [-0.05, 0) is 61.8 Å². The molecule has 166 valence electrons. The van der Waals surface area contributed by atoms with E-state index in [9.17, 15) is 19.4 Å². The third-order valence-electron chi connectivity index (χ3n) is 6.14. The molecule has 3 N–H and O–H groups in total. The van der Waals surface area contributed by atoms with Crippen molar-refractivity contribution >= 4 is 5.97 Å². The highest BCUT2D eigenvalue weighted by atomic mass is 19.1. The van der Waals surface area contributed by atoms with Crippen molar-refractivity contribution in [1.29, 1.82) is 0 Å². The lowest BCUT2D eigenvalue weighted by atomic mass is 9.86. The van der Waals surface area contributed by atoms with Crippen molar-refractivity contribution in [1.82, 2.24) is 0 Å². The number of carbonyl (C=O) groups is 1. The highest BCUT2D eigenvalue weighted by Crippen LogP contribution is 2.42. The Labute approximate surface area is 176 Å². The standard InChI is InChI=1S/C23H31FO6/c24-16-5-8-18(9-6-16)29-14-17(25)7-11-19-20-10-4-15(2-1-3-23(27)28)13-30-22(20)12-21(19)26/h5-9,11,15,17,19-22,25-26H,1-4,10,12-14H2,(H,27,28)/b11-7+/t15-,17-,19+,20+,21+,22-/m0/s1. The summed E-state index contributed by atoms with van der Waals surface area (Å²) in [6.45, 7) is 0.652. The van der Waals surface area contributed by atoms with Gasteiger partial charge in [0.15, 0.2) is 0 Å². The molecular formula is C23H31FO6. The number of carboxylic acids is 1. The summed E-state index contributed by atoms with van der Waals surface area (Å²) in [5.41, 5.74) is 0. The maximum atomic E-state index is 12.9. The number of aliphatic hydroxyl groups excluding tert-OH is 2. The van der Waals surface area contributed by atoms with Crippen molar-refractivity contribution in [2.45, 2.75) is 56.8 Å². The molecule has 1 aliphatic carbocycles. The lowest BCUT2D eigenvalue weighted by molar-refractivity contribution is -0.137. The minimum absolute atomic E-state index is 0.00766. The highest BCUT2D eigenvalue weighted by Gasteiger charge is 2.43. The largest absolute Gasteiger partial charge is 0.491 e. The van der Waals surface area contributed by atoms with E-state index in [4.69, 9.17) is 14.6 Å². The normalized spacial score (nSPS) is 30.0. The van der Waals surface area contributed by atoms with Crippen LogP contribution in [-0.4, -0.2) is 52.8 Å². The quantitative estimate of drug-likeness (QED) is 0.529. The van der Waals surface area contributed by atoms with Crippen LogP contribution in [0.25, 0.3) is 0 Å². The van der Waals surface area contributed by atoms with Gasteiger partial charge >= 0.3 is 5.97 Å². The number of hydrogen-bond acceptors (Lipinski definition) is 5. The van der Waals surface area contributed by atoms with E-state index >= 15 is 0 Å². The first kappa shape index (κ1) is 22.7. The molecule has 30 heavy (non-hydrogen) atoms. The van der Waals surface area contributed by atoms with Crippen LogP contribution < -0.4 is 4.74 Å². The Morgan fingerprint density at radius 2 is 2.07 bits per heavy atom. The Morgan fingerprint density at radius 1 is 1.30 bits per heavy atom. The molecule has 0 bridgehead atoms. The Bertz CT molecular complexity index is 706. The molecular weight excluding hydrogens is 391 g/mol. The van der Waals surface area contributed by atoms with E-state index in [2.05, 4.69) is 0 Å². The number of rotatable bonds is 9. The summed E-state index contributed by atoms with van der Waals surface area (Å²) in [6.07, 6.45) is 6.28. The number of fused-ring (bicyclic) bond motifs is 1. The van der Waals surface area contributed by atoms with Crippen molar-refractivity contribution in [2.75, 3.05) is 13.2 Å². The number of aliphatic hydroxyl groups is 2. The zero-order chi connectivity index (χ0) is 21.5. The summed E-state index contributed by atoms with van der Waals surface area (Å²) in [6, 6.07) is 5.61. The average Bonchev–Trinajstić information content (AvgIpc) is 2.87. The second kappa shape index (κ2) is 10.9. The van der Waals surface area contributed by atoms with Gasteiger partial charge in [-0.1, -0.05) is 12.2 Å². The van der Waals surface area contributed by atoms with Gasteiger partial charge < -0.3 is 24.8 Å². The maximum Gasteiger partial charge on any atom is 0.303 e. The SMILES string of the molecule is O=C(O)CCC[C@H]1CC[C@@H]2[C@@H](/C=C/[C@H](O)COc3ccc(F)cc3)[C@H](O)C[C@@H]2OC1. The fourth-order valence-corrected chi connectivity index (χ4v) is 4.51. The van der Waals surface area contributed by atoms with Gasteiger partial charge in [0, 0.05) is 25.4 Å². The zero-order valence-corrected chi connectivity index (χ0v) is 17.0. The molecule has 3 rings (SSSR count). The van der Waals surface area contributed by atoms with Gasteiger partial charge in [0.1, 0.15) is 24.3 Å². The Kier molecular flexibility index (Phi) is 8.24. The van der Waals surface area contributed by atoms with Gasteiger partial charge in [0.2, 0.25) is 0 Å². The van der Waals surface area contributed by atoms with Crippen LogP contribution in [0.15, 0.2) is 36.4 Å². The van der Waals surface area contributed by atoms with Gasteiger partial charge in [-0.3, -0.25) is 4.79 Å². The van der Waals surface area contributed by atoms with Gasteiger partial charge in [-0.15, -0.1) is 0 Å². The van der Waals surface area contributed by atoms with E-state index in [0.29, 0.717) is 31.1 Å². The van der Waals surface area contributed by atoms with E-state index in [0.717, 1.165) is 19.3 Å². The molecule has 0 unspecified atom stereocenters. The molecule has 2 aliphatic rings. The van der Waals surface area contributed by atoms with Crippen LogP contribution in [0.5, 0.6) is 5.75 Å². The number of carboxylic acid groups (broad SMARTS) is 1. The number of ether oxygens (including phenoxy) is 2. The van der Waals surface area contributed by atoms with E-state index in [-0.39, 0.29) is 36.8 Å². The van der Waals surface area contributed by atoms with Gasteiger partial charge in [-0.25, -0.2) is 4.39 Å². The summed E-state index contributed by atoms with van der Waals surface area (Å²) < 4.78 is 24.4. The fraction of sp³-hybridized carbons (Fsp3) is 0.609. The van der Waals surface area contributed by atoms with Gasteiger partial charge in [-0.2, -0.15) is 0 Å². The first-order valence-electron chi connectivity index (χ1n) is 10.7. The second-order valence-corrected chi connectivity index (χ2v) is 8.36. The van der Waals surface area contributed by atoms with Crippen LogP contribution in [-0.2, 0) is 9.53 Å². The molecule has 7 heteroatoms. The third-order valence-corrected chi connectivity index (χ3v) is 6.14. The predicted molar refractivity (Wildman–Crippen MR) is 109 cm³/mol. The fourth-order valence-electron chi connectivity index (χ4n) is 4.51. The molecule has 1 saturated carbocycles. The highest BCUT2D eigenvalue weighted by molar-refractivity contribution is 5.66. The minimum Gasteiger partial charge on any atom is -0.491 e. The molecule has 1 aromatic rings. The predicted octanol–water partition coefficient (Wildman–Crippen LogP) is 3.17. The molecule has 2 fully saturated rings. The molecule has 1 aliphatic heterocycles. The topological polar surface area (TPSA) is 96.2 Å². The van der Waals surface area contributed by atoms with E-state index in [1.807, 2.05) is 6.08 Å². The Hall–Kier alpha value is -1.96. The monoisotopic (exact) mass is 422 g/mol. The second-order valence-electron chi connectivity index (χ2n) is 8.36. The molecule has 1 saturated heterocycles. The van der Waals surface area contributed by atoms with Crippen LogP contribution in [0, 0.1) is 23.6 Å². The lowest BCUT2D eigenvalue weighted by Crippen LogP contribution is -2.22. The molecule has 0 aromatic heterocycles. The van der Waals surface area contributed by atoms with Crippen molar-refractivity contribution in [2.24, 2.45) is 17.8 Å². The van der Waals surface area contributed by atoms with Gasteiger partial charge in [0.25, 0.3) is 0 Å². The van der Waals surface area contributed by atoms with Crippen molar-refractivity contribution in [3.8, 4) is 5.75 Å². The first-order valence-corrected chi connectivity index (χ1v) is 10.7. The lowest BCUT2D eigenvalue weighted by Gasteiger charge is -2.21. The summed E-state index contributed by atoms with van der Waals surface area (Å²) >= 11 is 0. The summed E-state index contributed by atoms with van der Waals surface area (Å²) in [4.78, 5) is 10.7. The van der Waals surface area contributed by atoms with E-state index < -0.39 is 18.2 Å². The van der Waals surface area contributed by atoms with Gasteiger partial charge in [0.05, 0.1) is 12.2 Å². The summed E-state index contributed by atoms with van der Waals surface area (Å²) in [7, 11) is 0. The van der Waals surface area contributed by atoms with E-state index in [1.165, 1.54) is 24.3 Å². The van der Waals surface area contributed by atoms with Crippen LogP contribution >= 0.6 is 0 Å². The van der Waals surface area contributed by atoms with Crippen LogP contribution in [0.3, 0.4) is 0 Å². The smallest absolute Gasteiger partial charge is 0.303 e. The van der Waals surface area contributed by atoms with Crippen molar-refractivity contribution in [3.05, 3.63) is 42.2 Å². The molecule has 6 nitrogen and oxygen atoms in total. The summed E-state index contributed by atoms with van der Waals surface area (Å²) in [5, 5.41) is 29.5. The van der Waals surface area contributed by atoms with Crippen molar-refractivity contribution < 1.29 is 34.0 Å². The van der Waals surface area contributed by atoms with Crippen LogP contribution in [0.2, 0.25) is 0 Å². The molecule has 1 heterocycles. The molecule has 0 amide bonds.